The van der Waals surface area contributed by atoms with Crippen LogP contribution in [0.15, 0.2) is 24.5 Å². The second kappa shape index (κ2) is 6.38. The van der Waals surface area contributed by atoms with Gasteiger partial charge in [0.2, 0.25) is 0 Å². The van der Waals surface area contributed by atoms with E-state index < -0.39 is 0 Å². The SMILES string of the molecule is COc1ccc(CN(C)Cc2ncnn2C)cc1OC. The standard InChI is InChI=1S/C14H20N4O2/c1-17(9-14-15-10-16-18(14)2)8-11-5-6-12(19-3)13(7-11)20-4/h5-7,10H,8-9H2,1-4H3. The van der Waals surface area contributed by atoms with E-state index in [-0.39, 0.29) is 0 Å². The lowest BCUT2D eigenvalue weighted by molar-refractivity contribution is 0.303. The molecule has 0 amide bonds. The summed E-state index contributed by atoms with van der Waals surface area (Å²) in [5, 5.41) is 4.07. The maximum atomic E-state index is 5.31. The van der Waals surface area contributed by atoms with Crippen LogP contribution in [0.3, 0.4) is 0 Å². The Labute approximate surface area is 118 Å². The van der Waals surface area contributed by atoms with E-state index in [1.165, 1.54) is 0 Å². The third-order valence-electron chi connectivity index (χ3n) is 3.12. The van der Waals surface area contributed by atoms with Crippen LogP contribution in [0.1, 0.15) is 11.4 Å². The predicted octanol–water partition coefficient (Wildman–Crippen LogP) is 1.46. The van der Waals surface area contributed by atoms with E-state index in [1.54, 1.807) is 25.2 Å². The first-order valence-corrected chi connectivity index (χ1v) is 6.36. The molecule has 2 rings (SSSR count). The van der Waals surface area contributed by atoms with Gasteiger partial charge in [-0.25, -0.2) is 4.98 Å². The number of nitrogens with zero attached hydrogens (tertiary/aromatic N) is 4. The fraction of sp³-hybridized carbons (Fsp3) is 0.429. The molecule has 0 saturated carbocycles. The molecule has 0 aliphatic rings. The molecule has 1 aromatic carbocycles. The molecule has 0 radical (unpaired) electrons. The summed E-state index contributed by atoms with van der Waals surface area (Å²) in [5.41, 5.74) is 1.16. The molecular weight excluding hydrogens is 256 g/mol. The van der Waals surface area contributed by atoms with Crippen LogP contribution in [0.4, 0.5) is 0 Å². The number of rotatable bonds is 6. The van der Waals surface area contributed by atoms with Crippen molar-refractivity contribution in [3.05, 3.63) is 35.9 Å². The molecule has 0 fully saturated rings. The van der Waals surface area contributed by atoms with E-state index in [0.717, 1.165) is 36.0 Å². The van der Waals surface area contributed by atoms with E-state index in [4.69, 9.17) is 9.47 Å². The number of aryl methyl sites for hydroxylation is 1. The summed E-state index contributed by atoms with van der Waals surface area (Å²) in [4.78, 5) is 6.40. The number of hydrogen-bond donors (Lipinski definition) is 0. The van der Waals surface area contributed by atoms with Gasteiger partial charge in [-0.05, 0) is 24.7 Å². The minimum atomic E-state index is 0.741. The average Bonchev–Trinajstić information content (AvgIpc) is 2.84. The second-order valence-electron chi connectivity index (χ2n) is 4.66. The highest BCUT2D eigenvalue weighted by Gasteiger charge is 2.09. The van der Waals surface area contributed by atoms with Crippen LogP contribution in [0.2, 0.25) is 0 Å². The fourth-order valence-electron chi connectivity index (χ4n) is 2.05. The van der Waals surface area contributed by atoms with Gasteiger partial charge in [-0.3, -0.25) is 9.58 Å². The molecule has 20 heavy (non-hydrogen) atoms. The molecule has 1 aromatic heterocycles. The molecule has 0 bridgehead atoms. The van der Waals surface area contributed by atoms with Crippen molar-refractivity contribution in [2.75, 3.05) is 21.3 Å². The number of ether oxygens (including phenoxy) is 2. The highest BCUT2D eigenvalue weighted by atomic mass is 16.5. The highest BCUT2D eigenvalue weighted by Crippen LogP contribution is 2.27. The molecule has 0 N–H and O–H groups in total. The van der Waals surface area contributed by atoms with Crippen molar-refractivity contribution in [3.63, 3.8) is 0 Å². The average molecular weight is 276 g/mol. The first-order chi connectivity index (χ1) is 9.63. The summed E-state index contributed by atoms with van der Waals surface area (Å²) in [6.07, 6.45) is 1.57. The van der Waals surface area contributed by atoms with Crippen LogP contribution in [0.25, 0.3) is 0 Å². The van der Waals surface area contributed by atoms with E-state index >= 15 is 0 Å². The second-order valence-corrected chi connectivity index (χ2v) is 4.66. The van der Waals surface area contributed by atoms with Crippen molar-refractivity contribution in [1.29, 1.82) is 0 Å². The minimum Gasteiger partial charge on any atom is -0.493 e. The van der Waals surface area contributed by atoms with Crippen LogP contribution in [-0.4, -0.2) is 40.9 Å². The number of benzene rings is 1. The van der Waals surface area contributed by atoms with Gasteiger partial charge >= 0.3 is 0 Å². The normalized spacial score (nSPS) is 10.8. The Kier molecular flexibility index (Phi) is 4.57. The van der Waals surface area contributed by atoms with Crippen molar-refractivity contribution in [2.45, 2.75) is 13.1 Å². The van der Waals surface area contributed by atoms with Crippen LogP contribution < -0.4 is 9.47 Å². The number of hydrogen-bond acceptors (Lipinski definition) is 5. The molecule has 108 valence electrons. The molecule has 0 aliphatic carbocycles. The van der Waals surface area contributed by atoms with Crippen LogP contribution >= 0.6 is 0 Å². The smallest absolute Gasteiger partial charge is 0.161 e. The monoisotopic (exact) mass is 276 g/mol. The molecular formula is C14H20N4O2. The summed E-state index contributed by atoms with van der Waals surface area (Å²) in [6, 6.07) is 5.95. The predicted molar refractivity (Wildman–Crippen MR) is 75.7 cm³/mol. The van der Waals surface area contributed by atoms with Gasteiger partial charge in [-0.2, -0.15) is 5.10 Å². The molecule has 2 aromatic rings. The molecule has 0 unspecified atom stereocenters. The van der Waals surface area contributed by atoms with Crippen molar-refractivity contribution >= 4 is 0 Å². The topological polar surface area (TPSA) is 52.4 Å². The molecule has 0 aliphatic heterocycles. The van der Waals surface area contributed by atoms with E-state index in [1.807, 2.05) is 32.3 Å². The maximum Gasteiger partial charge on any atom is 0.161 e. The van der Waals surface area contributed by atoms with Gasteiger partial charge in [-0.1, -0.05) is 6.07 Å². The number of aromatic nitrogens is 3. The van der Waals surface area contributed by atoms with Gasteiger partial charge in [0.05, 0.1) is 20.8 Å². The quantitative estimate of drug-likeness (QED) is 0.799. The van der Waals surface area contributed by atoms with Gasteiger partial charge in [0.1, 0.15) is 12.2 Å². The summed E-state index contributed by atoms with van der Waals surface area (Å²) >= 11 is 0. The zero-order valence-corrected chi connectivity index (χ0v) is 12.3. The lowest BCUT2D eigenvalue weighted by Crippen LogP contribution is -2.19. The highest BCUT2D eigenvalue weighted by molar-refractivity contribution is 5.42. The Hall–Kier alpha value is -2.08. The largest absolute Gasteiger partial charge is 0.493 e. The first-order valence-electron chi connectivity index (χ1n) is 6.36. The zero-order chi connectivity index (χ0) is 14.5. The Balaban J connectivity index is 2.04. The van der Waals surface area contributed by atoms with Crippen molar-refractivity contribution < 1.29 is 9.47 Å². The first kappa shape index (κ1) is 14.3. The van der Waals surface area contributed by atoms with Gasteiger partial charge in [0.15, 0.2) is 11.5 Å². The van der Waals surface area contributed by atoms with Crippen LogP contribution in [-0.2, 0) is 20.1 Å². The summed E-state index contributed by atoms with van der Waals surface area (Å²) in [5.74, 6) is 2.43. The Morgan fingerprint density at radius 3 is 2.50 bits per heavy atom. The molecule has 0 spiro atoms. The van der Waals surface area contributed by atoms with Crippen molar-refractivity contribution in [1.82, 2.24) is 19.7 Å². The number of methoxy groups -OCH3 is 2. The molecule has 0 saturated heterocycles. The van der Waals surface area contributed by atoms with E-state index in [2.05, 4.69) is 15.0 Å². The zero-order valence-electron chi connectivity index (χ0n) is 12.3. The Bertz CT molecular complexity index is 568. The Morgan fingerprint density at radius 2 is 1.90 bits per heavy atom. The van der Waals surface area contributed by atoms with Crippen molar-refractivity contribution in [3.8, 4) is 11.5 Å². The Morgan fingerprint density at radius 1 is 1.15 bits per heavy atom. The third kappa shape index (κ3) is 3.27. The lowest BCUT2D eigenvalue weighted by atomic mass is 10.2. The summed E-state index contributed by atoms with van der Waals surface area (Å²) in [7, 11) is 7.22. The molecule has 0 atom stereocenters. The van der Waals surface area contributed by atoms with Gasteiger partial charge < -0.3 is 9.47 Å². The van der Waals surface area contributed by atoms with Gasteiger partial charge in [0.25, 0.3) is 0 Å². The van der Waals surface area contributed by atoms with Crippen LogP contribution in [0.5, 0.6) is 11.5 Å². The summed E-state index contributed by atoms with van der Waals surface area (Å²) < 4.78 is 12.3. The van der Waals surface area contributed by atoms with Gasteiger partial charge in [-0.15, -0.1) is 0 Å². The van der Waals surface area contributed by atoms with E-state index in [0.29, 0.717) is 0 Å². The van der Waals surface area contributed by atoms with Crippen LogP contribution in [0, 0.1) is 0 Å². The molecule has 6 heteroatoms. The third-order valence-corrected chi connectivity index (χ3v) is 3.12. The van der Waals surface area contributed by atoms with Gasteiger partial charge in [0, 0.05) is 13.6 Å². The van der Waals surface area contributed by atoms with Crippen molar-refractivity contribution in [2.24, 2.45) is 7.05 Å². The fourth-order valence-corrected chi connectivity index (χ4v) is 2.05. The van der Waals surface area contributed by atoms with E-state index in [9.17, 15) is 0 Å². The maximum absolute atomic E-state index is 5.31. The molecule has 6 nitrogen and oxygen atoms in total. The summed E-state index contributed by atoms with van der Waals surface area (Å²) in [6.45, 7) is 1.54. The minimum absolute atomic E-state index is 0.741. The lowest BCUT2D eigenvalue weighted by Gasteiger charge is -2.17. The molecule has 1 heterocycles.